The first-order valence-corrected chi connectivity index (χ1v) is 6.74. The summed E-state index contributed by atoms with van der Waals surface area (Å²) in [5.74, 6) is 0.865. The van der Waals surface area contributed by atoms with Gasteiger partial charge in [0.15, 0.2) is 0 Å². The van der Waals surface area contributed by atoms with E-state index in [1.165, 1.54) is 6.42 Å². The molecule has 4 nitrogen and oxygen atoms in total. The number of hydrogen-bond donors (Lipinski definition) is 2. The van der Waals surface area contributed by atoms with Gasteiger partial charge in [-0.3, -0.25) is 0 Å². The molecule has 2 rings (SSSR count). The zero-order valence-corrected chi connectivity index (χ0v) is 11.2. The number of aromatic amines is 1. The lowest BCUT2D eigenvalue weighted by molar-refractivity contribution is 0.300. The summed E-state index contributed by atoms with van der Waals surface area (Å²) in [6.07, 6.45) is 1.21. The Bertz CT molecular complexity index is 444. The van der Waals surface area contributed by atoms with Crippen molar-refractivity contribution < 1.29 is 0 Å². The van der Waals surface area contributed by atoms with Crippen molar-refractivity contribution in [1.82, 2.24) is 14.9 Å². The second-order valence-corrected chi connectivity index (χ2v) is 4.46. The molecule has 4 heteroatoms. The molecule has 0 radical (unpaired) electrons. The van der Waals surface area contributed by atoms with Gasteiger partial charge in [-0.15, -0.1) is 0 Å². The first-order chi connectivity index (χ1) is 8.83. The molecule has 0 aliphatic carbocycles. The average molecular weight is 246 g/mol. The molecule has 0 amide bonds. The number of fused-ring (bicyclic) bond motifs is 1. The molecule has 1 heterocycles. The van der Waals surface area contributed by atoms with Crippen molar-refractivity contribution in [2.24, 2.45) is 0 Å². The fourth-order valence-electron chi connectivity index (χ4n) is 2.11. The molecule has 0 unspecified atom stereocenters. The predicted molar refractivity (Wildman–Crippen MR) is 77.0 cm³/mol. The maximum absolute atomic E-state index is 4.50. The fraction of sp³-hybridized carbons (Fsp3) is 0.500. The minimum Gasteiger partial charge on any atom is -0.355 e. The number of nitrogens with one attached hydrogen (secondary N) is 2. The van der Waals surface area contributed by atoms with Crippen LogP contribution in [0.15, 0.2) is 24.3 Å². The van der Waals surface area contributed by atoms with Crippen LogP contribution in [-0.4, -0.2) is 41.0 Å². The van der Waals surface area contributed by atoms with Crippen LogP contribution in [0.3, 0.4) is 0 Å². The molecule has 0 aliphatic rings. The van der Waals surface area contributed by atoms with Crippen LogP contribution in [0.25, 0.3) is 11.0 Å². The minimum absolute atomic E-state index is 0.865. The largest absolute Gasteiger partial charge is 0.355 e. The molecular formula is C14H22N4. The molecule has 1 aromatic carbocycles. The molecular weight excluding hydrogens is 224 g/mol. The summed E-state index contributed by atoms with van der Waals surface area (Å²) in [5, 5.41) is 3.35. The second-order valence-electron chi connectivity index (χ2n) is 4.46. The smallest absolute Gasteiger partial charge is 0.201 e. The third-order valence-electron chi connectivity index (χ3n) is 3.10. The molecule has 2 N–H and O–H groups in total. The van der Waals surface area contributed by atoms with E-state index in [1.807, 2.05) is 24.3 Å². The summed E-state index contributed by atoms with van der Waals surface area (Å²) >= 11 is 0. The number of para-hydroxylation sites is 2. The molecule has 98 valence electrons. The average Bonchev–Trinajstić information content (AvgIpc) is 2.80. The number of imidazole rings is 1. The lowest BCUT2D eigenvalue weighted by atomic mass is 10.3. The lowest BCUT2D eigenvalue weighted by Crippen LogP contribution is -2.29. The van der Waals surface area contributed by atoms with Crippen molar-refractivity contribution in [2.75, 3.05) is 31.5 Å². The molecule has 18 heavy (non-hydrogen) atoms. The highest BCUT2D eigenvalue weighted by molar-refractivity contribution is 5.77. The van der Waals surface area contributed by atoms with Gasteiger partial charge in [-0.05, 0) is 31.6 Å². The lowest BCUT2D eigenvalue weighted by Gasteiger charge is -2.19. The van der Waals surface area contributed by atoms with Gasteiger partial charge in [-0.1, -0.05) is 26.0 Å². The van der Waals surface area contributed by atoms with E-state index in [0.717, 1.165) is 43.2 Å². The van der Waals surface area contributed by atoms with Gasteiger partial charge < -0.3 is 15.2 Å². The van der Waals surface area contributed by atoms with E-state index in [-0.39, 0.29) is 0 Å². The summed E-state index contributed by atoms with van der Waals surface area (Å²) in [5.41, 5.74) is 2.10. The Labute approximate surface area is 108 Å². The van der Waals surface area contributed by atoms with E-state index in [1.54, 1.807) is 0 Å². The van der Waals surface area contributed by atoms with Gasteiger partial charge in [0.1, 0.15) is 0 Å². The summed E-state index contributed by atoms with van der Waals surface area (Å²) in [6, 6.07) is 8.09. The van der Waals surface area contributed by atoms with E-state index >= 15 is 0 Å². The number of anilines is 1. The van der Waals surface area contributed by atoms with Crippen molar-refractivity contribution in [2.45, 2.75) is 20.3 Å². The number of likely N-dealkylation sites (N-methyl/N-ethyl adjacent to an activating group) is 1. The first-order valence-electron chi connectivity index (χ1n) is 6.74. The molecule has 0 atom stereocenters. The van der Waals surface area contributed by atoms with Gasteiger partial charge >= 0.3 is 0 Å². The zero-order valence-electron chi connectivity index (χ0n) is 11.2. The topological polar surface area (TPSA) is 44.0 Å². The maximum atomic E-state index is 4.50. The maximum Gasteiger partial charge on any atom is 0.201 e. The van der Waals surface area contributed by atoms with Gasteiger partial charge in [0.25, 0.3) is 0 Å². The predicted octanol–water partition coefficient (Wildman–Crippen LogP) is 2.71. The number of rotatable bonds is 7. The highest BCUT2D eigenvalue weighted by Gasteiger charge is 2.03. The van der Waals surface area contributed by atoms with Gasteiger partial charge in [-0.2, -0.15) is 0 Å². The molecule has 0 bridgehead atoms. The Morgan fingerprint density at radius 3 is 2.78 bits per heavy atom. The molecule has 0 saturated carbocycles. The van der Waals surface area contributed by atoms with E-state index in [9.17, 15) is 0 Å². The molecule has 0 spiro atoms. The second kappa shape index (κ2) is 6.40. The molecule has 2 aromatic rings. The van der Waals surface area contributed by atoms with E-state index in [0.29, 0.717) is 0 Å². The van der Waals surface area contributed by atoms with Crippen LogP contribution in [0.4, 0.5) is 5.95 Å². The van der Waals surface area contributed by atoms with Crippen molar-refractivity contribution in [3.8, 4) is 0 Å². The summed E-state index contributed by atoms with van der Waals surface area (Å²) in [4.78, 5) is 10.2. The number of H-pyrrole nitrogens is 1. The van der Waals surface area contributed by atoms with E-state index < -0.39 is 0 Å². The Hall–Kier alpha value is -1.55. The fourth-order valence-corrected chi connectivity index (χ4v) is 2.11. The quantitative estimate of drug-likeness (QED) is 0.789. The number of benzene rings is 1. The highest BCUT2D eigenvalue weighted by atomic mass is 15.2. The molecule has 0 fully saturated rings. The summed E-state index contributed by atoms with van der Waals surface area (Å²) < 4.78 is 0. The molecule has 1 aromatic heterocycles. The zero-order chi connectivity index (χ0) is 12.8. The van der Waals surface area contributed by atoms with Crippen molar-refractivity contribution in [3.05, 3.63) is 24.3 Å². The van der Waals surface area contributed by atoms with Gasteiger partial charge in [0.2, 0.25) is 5.95 Å². The number of aromatic nitrogens is 2. The van der Waals surface area contributed by atoms with Gasteiger partial charge in [-0.25, -0.2) is 4.98 Å². The number of nitrogens with zero attached hydrogens (tertiary/aromatic N) is 2. The van der Waals surface area contributed by atoms with E-state index in [4.69, 9.17) is 0 Å². The highest BCUT2D eigenvalue weighted by Crippen LogP contribution is 2.12. The van der Waals surface area contributed by atoms with Crippen LogP contribution in [0.5, 0.6) is 0 Å². The molecule has 0 aliphatic heterocycles. The molecule has 0 saturated heterocycles. The van der Waals surface area contributed by atoms with Gasteiger partial charge in [0.05, 0.1) is 11.0 Å². The van der Waals surface area contributed by atoms with Crippen LogP contribution >= 0.6 is 0 Å². The first kappa shape index (κ1) is 12.9. The standard InChI is InChI=1S/C14H22N4/c1-3-10-18(4-2)11-9-15-14-16-12-7-5-6-8-13(12)17-14/h5-8H,3-4,9-11H2,1-2H3,(H2,15,16,17). The van der Waals surface area contributed by atoms with Crippen LogP contribution in [-0.2, 0) is 0 Å². The van der Waals surface area contributed by atoms with Crippen LogP contribution in [0.2, 0.25) is 0 Å². The minimum atomic E-state index is 0.865. The SMILES string of the molecule is CCCN(CC)CCNc1nc2ccccc2[nH]1. The van der Waals surface area contributed by atoms with Crippen molar-refractivity contribution >= 4 is 17.0 Å². The number of hydrogen-bond acceptors (Lipinski definition) is 3. The van der Waals surface area contributed by atoms with Crippen LogP contribution in [0, 0.1) is 0 Å². The van der Waals surface area contributed by atoms with Crippen LogP contribution < -0.4 is 5.32 Å². The van der Waals surface area contributed by atoms with Crippen molar-refractivity contribution in [1.29, 1.82) is 0 Å². The monoisotopic (exact) mass is 246 g/mol. The van der Waals surface area contributed by atoms with Crippen molar-refractivity contribution in [3.63, 3.8) is 0 Å². The Kier molecular flexibility index (Phi) is 4.59. The Morgan fingerprint density at radius 1 is 1.22 bits per heavy atom. The third kappa shape index (κ3) is 3.23. The van der Waals surface area contributed by atoms with E-state index in [2.05, 4.69) is 34.0 Å². The summed E-state index contributed by atoms with van der Waals surface area (Å²) in [7, 11) is 0. The summed E-state index contributed by atoms with van der Waals surface area (Å²) in [6.45, 7) is 8.68. The third-order valence-corrected chi connectivity index (χ3v) is 3.10. The normalized spacial score (nSPS) is 11.3. The van der Waals surface area contributed by atoms with Crippen LogP contribution in [0.1, 0.15) is 20.3 Å². The van der Waals surface area contributed by atoms with Gasteiger partial charge in [0, 0.05) is 13.1 Å². The Morgan fingerprint density at radius 2 is 2.06 bits per heavy atom. The Balaban J connectivity index is 1.86.